The third-order valence-corrected chi connectivity index (χ3v) is 3.97. The van der Waals surface area contributed by atoms with Crippen molar-refractivity contribution in [3.8, 4) is 5.75 Å². The molecule has 4 rings (SSSR count). The first kappa shape index (κ1) is 15.1. The number of benzene rings is 2. The molecule has 0 unspecified atom stereocenters. The standard InChI is InChI=1S/C20H16N4O/c1-25-16-7-8-18-17(13-16)19(14-5-3-2-4-6-14)23-24-20(22-18)15-9-11-21-12-10-15/h2-13H,1H3,(H,22,24). The Bertz CT molecular complexity index is 950. The fourth-order valence-electron chi connectivity index (χ4n) is 2.70. The number of fused-ring (bicyclic) bond motifs is 1. The zero-order chi connectivity index (χ0) is 17.1. The quantitative estimate of drug-likeness (QED) is 0.800. The molecular formula is C20H16N4O. The van der Waals surface area contributed by atoms with Gasteiger partial charge >= 0.3 is 0 Å². The number of hydrazone groups is 1. The number of nitrogens with zero attached hydrogens (tertiary/aromatic N) is 3. The van der Waals surface area contributed by atoms with Crippen LogP contribution in [0.15, 0.2) is 83.2 Å². The predicted molar refractivity (Wildman–Crippen MR) is 98.6 cm³/mol. The van der Waals surface area contributed by atoms with Crippen molar-refractivity contribution in [2.24, 2.45) is 10.1 Å². The number of hydrogen-bond acceptors (Lipinski definition) is 5. The maximum Gasteiger partial charge on any atom is 0.154 e. The van der Waals surface area contributed by atoms with Gasteiger partial charge in [0.25, 0.3) is 0 Å². The van der Waals surface area contributed by atoms with Gasteiger partial charge in [-0.1, -0.05) is 30.3 Å². The van der Waals surface area contributed by atoms with Crippen molar-refractivity contribution in [3.05, 3.63) is 89.7 Å². The van der Waals surface area contributed by atoms with Gasteiger partial charge < -0.3 is 4.74 Å². The van der Waals surface area contributed by atoms with Gasteiger partial charge in [0.2, 0.25) is 0 Å². The van der Waals surface area contributed by atoms with Crippen LogP contribution in [0.2, 0.25) is 0 Å². The molecule has 0 aliphatic carbocycles. The zero-order valence-electron chi connectivity index (χ0n) is 13.7. The molecule has 0 bridgehead atoms. The zero-order valence-corrected chi connectivity index (χ0v) is 13.7. The average molecular weight is 328 g/mol. The number of nitrogens with one attached hydrogen (secondary N) is 1. The molecule has 0 amide bonds. The Hall–Kier alpha value is -3.47. The van der Waals surface area contributed by atoms with Gasteiger partial charge in [0.15, 0.2) is 5.84 Å². The van der Waals surface area contributed by atoms with Crippen molar-refractivity contribution in [1.29, 1.82) is 0 Å². The van der Waals surface area contributed by atoms with E-state index in [2.05, 4.69) is 15.5 Å². The molecule has 0 fully saturated rings. The molecule has 3 aromatic rings. The van der Waals surface area contributed by atoms with Gasteiger partial charge in [-0.25, -0.2) is 4.99 Å². The minimum Gasteiger partial charge on any atom is -0.497 e. The first-order valence-corrected chi connectivity index (χ1v) is 7.92. The second kappa shape index (κ2) is 6.57. The van der Waals surface area contributed by atoms with Crippen molar-refractivity contribution in [1.82, 2.24) is 10.4 Å². The topological polar surface area (TPSA) is 58.9 Å². The number of rotatable bonds is 3. The third-order valence-electron chi connectivity index (χ3n) is 3.97. The lowest BCUT2D eigenvalue weighted by molar-refractivity contribution is 0.415. The molecule has 0 spiro atoms. The van der Waals surface area contributed by atoms with Crippen LogP contribution < -0.4 is 10.2 Å². The van der Waals surface area contributed by atoms with E-state index in [1.807, 2.05) is 60.7 Å². The summed E-state index contributed by atoms with van der Waals surface area (Å²) in [6.45, 7) is 0. The summed E-state index contributed by atoms with van der Waals surface area (Å²) in [7, 11) is 1.65. The number of pyridine rings is 1. The molecule has 1 aliphatic heterocycles. The molecule has 2 aromatic carbocycles. The van der Waals surface area contributed by atoms with Crippen LogP contribution in [0.25, 0.3) is 0 Å². The fraction of sp³-hybridized carbons (Fsp3) is 0.0500. The van der Waals surface area contributed by atoms with Crippen LogP contribution in [0.3, 0.4) is 0 Å². The van der Waals surface area contributed by atoms with Crippen LogP contribution >= 0.6 is 0 Å². The fourth-order valence-corrected chi connectivity index (χ4v) is 2.70. The van der Waals surface area contributed by atoms with E-state index in [4.69, 9.17) is 9.73 Å². The van der Waals surface area contributed by atoms with Crippen LogP contribution in [0, 0.1) is 0 Å². The molecule has 25 heavy (non-hydrogen) atoms. The highest BCUT2D eigenvalue weighted by molar-refractivity contribution is 6.18. The molecule has 122 valence electrons. The van der Waals surface area contributed by atoms with Gasteiger partial charge in [-0.2, -0.15) is 5.10 Å². The molecule has 0 saturated carbocycles. The number of amidine groups is 1. The Kier molecular flexibility index (Phi) is 3.96. The SMILES string of the molecule is COc1ccc2c(c1)C(c1ccccc1)=NNC(c1ccncc1)=N2. The summed E-state index contributed by atoms with van der Waals surface area (Å²) in [5.41, 5.74) is 7.61. The Morgan fingerprint density at radius 2 is 1.68 bits per heavy atom. The lowest BCUT2D eigenvalue weighted by Gasteiger charge is -2.09. The minimum atomic E-state index is 0.680. The van der Waals surface area contributed by atoms with Crippen molar-refractivity contribution >= 4 is 17.2 Å². The van der Waals surface area contributed by atoms with E-state index in [-0.39, 0.29) is 0 Å². The highest BCUT2D eigenvalue weighted by Gasteiger charge is 2.17. The number of methoxy groups -OCH3 is 1. The molecule has 5 nitrogen and oxygen atoms in total. The molecule has 2 heterocycles. The summed E-state index contributed by atoms with van der Waals surface area (Å²) in [5, 5.41) is 4.63. The predicted octanol–water partition coefficient (Wildman–Crippen LogP) is 3.52. The minimum absolute atomic E-state index is 0.680. The van der Waals surface area contributed by atoms with Crippen LogP contribution in [0.5, 0.6) is 5.75 Å². The van der Waals surface area contributed by atoms with Crippen molar-refractivity contribution in [2.45, 2.75) is 0 Å². The van der Waals surface area contributed by atoms with E-state index in [1.54, 1.807) is 19.5 Å². The molecule has 1 N–H and O–H groups in total. The van der Waals surface area contributed by atoms with Gasteiger partial charge in [0, 0.05) is 29.1 Å². The summed E-state index contributed by atoms with van der Waals surface area (Å²) in [4.78, 5) is 8.83. The highest BCUT2D eigenvalue weighted by Crippen LogP contribution is 2.29. The lowest BCUT2D eigenvalue weighted by atomic mass is 10.0. The van der Waals surface area contributed by atoms with Gasteiger partial charge in [0.05, 0.1) is 12.8 Å². The van der Waals surface area contributed by atoms with Gasteiger partial charge in [-0.05, 0) is 30.3 Å². The van der Waals surface area contributed by atoms with E-state index in [0.717, 1.165) is 33.8 Å². The van der Waals surface area contributed by atoms with E-state index in [0.29, 0.717) is 5.84 Å². The number of ether oxygens (including phenoxy) is 1. The highest BCUT2D eigenvalue weighted by atomic mass is 16.5. The van der Waals surface area contributed by atoms with Crippen LogP contribution in [-0.2, 0) is 0 Å². The first-order chi connectivity index (χ1) is 12.3. The summed E-state index contributed by atoms with van der Waals surface area (Å²) < 4.78 is 5.38. The van der Waals surface area contributed by atoms with Crippen molar-refractivity contribution < 1.29 is 4.74 Å². The number of hydrogen-bond donors (Lipinski definition) is 1. The normalized spacial score (nSPS) is 13.0. The van der Waals surface area contributed by atoms with Crippen LogP contribution in [0.1, 0.15) is 16.7 Å². The maximum absolute atomic E-state index is 5.38. The van der Waals surface area contributed by atoms with Crippen molar-refractivity contribution in [2.75, 3.05) is 7.11 Å². The summed E-state index contributed by atoms with van der Waals surface area (Å²) in [5.74, 6) is 1.45. The Balaban J connectivity index is 1.89. The van der Waals surface area contributed by atoms with E-state index < -0.39 is 0 Å². The number of aromatic nitrogens is 1. The van der Waals surface area contributed by atoms with Crippen molar-refractivity contribution in [3.63, 3.8) is 0 Å². The average Bonchev–Trinajstić information content (AvgIpc) is 2.88. The first-order valence-electron chi connectivity index (χ1n) is 7.92. The second-order valence-corrected chi connectivity index (χ2v) is 5.52. The molecule has 0 atom stereocenters. The van der Waals surface area contributed by atoms with E-state index in [1.165, 1.54) is 0 Å². The van der Waals surface area contributed by atoms with E-state index >= 15 is 0 Å². The smallest absolute Gasteiger partial charge is 0.154 e. The van der Waals surface area contributed by atoms with Crippen LogP contribution in [0.4, 0.5) is 5.69 Å². The maximum atomic E-state index is 5.38. The van der Waals surface area contributed by atoms with Gasteiger partial charge in [0.1, 0.15) is 11.5 Å². The Morgan fingerprint density at radius 1 is 0.880 bits per heavy atom. The van der Waals surface area contributed by atoms with E-state index in [9.17, 15) is 0 Å². The molecule has 0 saturated heterocycles. The summed E-state index contributed by atoms with van der Waals surface area (Å²) >= 11 is 0. The largest absolute Gasteiger partial charge is 0.497 e. The second-order valence-electron chi connectivity index (χ2n) is 5.52. The van der Waals surface area contributed by atoms with Gasteiger partial charge in [-0.15, -0.1) is 0 Å². The molecule has 0 radical (unpaired) electrons. The monoisotopic (exact) mass is 328 g/mol. The molecule has 1 aliphatic rings. The Morgan fingerprint density at radius 3 is 2.44 bits per heavy atom. The molecular weight excluding hydrogens is 312 g/mol. The van der Waals surface area contributed by atoms with Crippen LogP contribution in [-0.4, -0.2) is 23.6 Å². The Labute approximate surface area is 145 Å². The lowest BCUT2D eigenvalue weighted by Crippen LogP contribution is -2.19. The third kappa shape index (κ3) is 2.99. The molecule has 1 aromatic heterocycles. The number of aliphatic imine (C=N–C) groups is 1. The summed E-state index contributed by atoms with van der Waals surface area (Å²) in [6, 6.07) is 19.6. The molecule has 5 heteroatoms. The summed E-state index contributed by atoms with van der Waals surface area (Å²) in [6.07, 6.45) is 3.47. The van der Waals surface area contributed by atoms with Gasteiger partial charge in [-0.3, -0.25) is 10.4 Å².